The van der Waals surface area contributed by atoms with Crippen molar-refractivity contribution in [3.8, 4) is 0 Å². The molecule has 0 aliphatic rings. The lowest BCUT2D eigenvalue weighted by Gasteiger charge is -2.04. The highest BCUT2D eigenvalue weighted by atomic mass is 35.7. The largest absolute Gasteiger partial charge is 0.326 e. The fourth-order valence-corrected chi connectivity index (χ4v) is 2.70. The van der Waals surface area contributed by atoms with Gasteiger partial charge in [0.15, 0.2) is 8.94 Å². The summed E-state index contributed by atoms with van der Waals surface area (Å²) in [6.45, 7) is 3.59. The van der Waals surface area contributed by atoms with Gasteiger partial charge < -0.3 is 5.32 Å². The lowest BCUT2D eigenvalue weighted by Crippen LogP contribution is -2.05. The Hall–Kier alpha value is -1.07. The summed E-state index contributed by atoms with van der Waals surface area (Å²) in [4.78, 5) is 11.2. The Morgan fingerprint density at radius 2 is 2.00 bits per heavy atom. The number of halogens is 1. The van der Waals surface area contributed by atoms with E-state index in [9.17, 15) is 9.00 Å². The number of nitrogens with one attached hydrogen (secondary N) is 1. The molecule has 0 fully saturated rings. The maximum absolute atomic E-state index is 11.8. The van der Waals surface area contributed by atoms with Crippen LogP contribution in [0.15, 0.2) is 33.5 Å². The normalized spacial score (nSPS) is 13.9. The molecule has 6 heteroatoms. The second-order valence-corrected chi connectivity index (χ2v) is 6.01. The molecule has 0 heterocycles. The Morgan fingerprint density at radius 1 is 1.44 bits per heavy atom. The van der Waals surface area contributed by atoms with Crippen molar-refractivity contribution in [2.24, 2.45) is 4.36 Å². The van der Waals surface area contributed by atoms with E-state index in [1.54, 1.807) is 31.2 Å². The van der Waals surface area contributed by atoms with Crippen LogP contribution in [0.1, 0.15) is 13.8 Å². The molecule has 0 saturated heterocycles. The van der Waals surface area contributed by atoms with Crippen molar-refractivity contribution < 1.29 is 9.00 Å². The van der Waals surface area contributed by atoms with E-state index in [-0.39, 0.29) is 5.91 Å². The van der Waals surface area contributed by atoms with Crippen molar-refractivity contribution in [1.82, 2.24) is 0 Å². The van der Waals surface area contributed by atoms with Gasteiger partial charge in [-0.15, -0.1) is 0 Å². The van der Waals surface area contributed by atoms with Crippen molar-refractivity contribution in [3.63, 3.8) is 0 Å². The highest BCUT2D eigenvalue weighted by Crippen LogP contribution is 2.20. The van der Waals surface area contributed by atoms with Gasteiger partial charge in [-0.25, -0.2) is 8.57 Å². The van der Waals surface area contributed by atoms with Crippen LogP contribution in [0.5, 0.6) is 0 Å². The van der Waals surface area contributed by atoms with Gasteiger partial charge in [-0.3, -0.25) is 4.79 Å². The van der Waals surface area contributed by atoms with Crippen molar-refractivity contribution in [2.45, 2.75) is 18.7 Å². The summed E-state index contributed by atoms with van der Waals surface area (Å²) in [6.07, 6.45) is 0. The molecule has 1 aromatic rings. The zero-order valence-corrected chi connectivity index (χ0v) is 10.6. The van der Waals surface area contributed by atoms with E-state index in [2.05, 4.69) is 9.68 Å². The standard InChI is InChI=1S/C10H13ClN2O2S/c1-3-12-16(11,15)10-6-4-9(5-7-10)13-8(2)14/h4-7H,3H2,1-2H3,(H,13,14). The van der Waals surface area contributed by atoms with Crippen LogP contribution < -0.4 is 5.32 Å². The van der Waals surface area contributed by atoms with E-state index in [4.69, 9.17) is 10.7 Å². The summed E-state index contributed by atoms with van der Waals surface area (Å²) in [5, 5.41) is 2.61. The molecule has 4 nitrogen and oxygen atoms in total. The number of amides is 1. The molecule has 0 saturated carbocycles. The zero-order valence-electron chi connectivity index (χ0n) is 9.07. The molecule has 1 N–H and O–H groups in total. The van der Waals surface area contributed by atoms with E-state index in [1.165, 1.54) is 6.92 Å². The van der Waals surface area contributed by atoms with E-state index in [0.717, 1.165) is 0 Å². The number of carbonyl (C=O) groups is 1. The van der Waals surface area contributed by atoms with Crippen LogP contribution in [0.25, 0.3) is 0 Å². The summed E-state index contributed by atoms with van der Waals surface area (Å²) in [7, 11) is 2.97. The maximum Gasteiger partial charge on any atom is 0.221 e. The second kappa shape index (κ2) is 5.32. The van der Waals surface area contributed by atoms with Gasteiger partial charge in [-0.1, -0.05) is 0 Å². The summed E-state index contributed by atoms with van der Waals surface area (Å²) in [5.74, 6) is -0.155. The first kappa shape index (κ1) is 13.0. The smallest absolute Gasteiger partial charge is 0.221 e. The van der Waals surface area contributed by atoms with Gasteiger partial charge in [-0.2, -0.15) is 0 Å². The third-order valence-electron chi connectivity index (χ3n) is 1.76. The Bertz CT molecular complexity index is 490. The van der Waals surface area contributed by atoms with E-state index >= 15 is 0 Å². The first-order valence-electron chi connectivity index (χ1n) is 4.76. The number of hydrogen-bond acceptors (Lipinski definition) is 3. The summed E-state index contributed by atoms with van der Waals surface area (Å²) < 4.78 is 15.7. The molecular weight excluding hydrogens is 248 g/mol. The fraction of sp³-hybridized carbons (Fsp3) is 0.300. The average molecular weight is 261 g/mol. The van der Waals surface area contributed by atoms with Gasteiger partial charge in [0.05, 0.1) is 4.90 Å². The molecule has 1 aromatic carbocycles. The summed E-state index contributed by atoms with van der Waals surface area (Å²) in [5.41, 5.74) is 0.639. The molecule has 1 amide bonds. The first-order chi connectivity index (χ1) is 7.45. The van der Waals surface area contributed by atoms with Crippen molar-refractivity contribution in [2.75, 3.05) is 11.9 Å². The number of benzene rings is 1. The monoisotopic (exact) mass is 260 g/mol. The van der Waals surface area contributed by atoms with Crippen LogP contribution in [0.2, 0.25) is 0 Å². The van der Waals surface area contributed by atoms with Crippen molar-refractivity contribution in [3.05, 3.63) is 24.3 Å². The van der Waals surface area contributed by atoms with Gasteiger partial charge in [0.2, 0.25) is 5.91 Å². The van der Waals surface area contributed by atoms with Crippen LogP contribution in [-0.2, 0) is 13.7 Å². The Morgan fingerprint density at radius 3 is 2.44 bits per heavy atom. The van der Waals surface area contributed by atoms with Crippen LogP contribution in [0.4, 0.5) is 5.69 Å². The molecule has 88 valence electrons. The predicted octanol–water partition coefficient (Wildman–Crippen LogP) is 2.65. The number of hydrogen-bond donors (Lipinski definition) is 1. The second-order valence-electron chi connectivity index (χ2n) is 3.11. The molecule has 0 aromatic heterocycles. The third-order valence-corrected chi connectivity index (χ3v) is 4.03. The minimum atomic E-state index is -2.82. The third kappa shape index (κ3) is 3.50. The molecule has 0 bridgehead atoms. The number of carbonyl (C=O) groups excluding carboxylic acids is 1. The van der Waals surface area contributed by atoms with E-state index < -0.39 is 8.94 Å². The van der Waals surface area contributed by atoms with E-state index in [1.807, 2.05) is 0 Å². The molecule has 0 aliphatic carbocycles. The highest BCUT2D eigenvalue weighted by molar-refractivity contribution is 8.15. The van der Waals surface area contributed by atoms with Gasteiger partial charge in [0, 0.05) is 29.8 Å². The predicted molar refractivity (Wildman–Crippen MR) is 66.0 cm³/mol. The van der Waals surface area contributed by atoms with E-state index in [0.29, 0.717) is 17.1 Å². The lowest BCUT2D eigenvalue weighted by molar-refractivity contribution is -0.114. The molecule has 0 radical (unpaired) electrons. The SMILES string of the molecule is CCN=S(=O)(Cl)c1ccc(NC(C)=O)cc1. The average Bonchev–Trinajstić information content (AvgIpc) is 2.17. The summed E-state index contributed by atoms with van der Waals surface area (Å²) in [6, 6.07) is 6.48. The summed E-state index contributed by atoms with van der Waals surface area (Å²) >= 11 is 0. The highest BCUT2D eigenvalue weighted by Gasteiger charge is 2.07. The molecule has 1 atom stereocenters. The van der Waals surface area contributed by atoms with Crippen LogP contribution >= 0.6 is 10.7 Å². The number of anilines is 1. The van der Waals surface area contributed by atoms with Crippen LogP contribution in [-0.4, -0.2) is 16.7 Å². The first-order valence-corrected chi connectivity index (χ1v) is 7.10. The van der Waals surface area contributed by atoms with Gasteiger partial charge in [0.1, 0.15) is 0 Å². The van der Waals surface area contributed by atoms with Crippen molar-refractivity contribution >= 4 is 31.2 Å². The molecule has 16 heavy (non-hydrogen) atoms. The minimum absolute atomic E-state index is 0.155. The topological polar surface area (TPSA) is 58.5 Å². The molecule has 0 aliphatic heterocycles. The Labute approximate surface area is 99.7 Å². The Balaban J connectivity index is 3.00. The maximum atomic E-state index is 11.8. The van der Waals surface area contributed by atoms with Crippen LogP contribution in [0.3, 0.4) is 0 Å². The lowest BCUT2D eigenvalue weighted by atomic mass is 10.3. The van der Waals surface area contributed by atoms with Crippen LogP contribution in [0, 0.1) is 0 Å². The quantitative estimate of drug-likeness (QED) is 0.850. The molecule has 1 unspecified atom stereocenters. The fourth-order valence-electron chi connectivity index (χ4n) is 1.15. The van der Waals surface area contributed by atoms with Gasteiger partial charge in [0.25, 0.3) is 0 Å². The number of rotatable bonds is 3. The van der Waals surface area contributed by atoms with Gasteiger partial charge in [-0.05, 0) is 31.2 Å². The van der Waals surface area contributed by atoms with Crippen molar-refractivity contribution in [1.29, 1.82) is 0 Å². The molecular formula is C10H13ClN2O2S. The Kier molecular flexibility index (Phi) is 4.32. The zero-order chi connectivity index (χ0) is 12.2. The van der Waals surface area contributed by atoms with Gasteiger partial charge >= 0.3 is 0 Å². The molecule has 1 rings (SSSR count). The minimum Gasteiger partial charge on any atom is -0.326 e. The number of nitrogens with zero attached hydrogens (tertiary/aromatic N) is 1. The molecule has 0 spiro atoms.